The molecule has 2 aromatic rings. The Labute approximate surface area is 173 Å². The fraction of sp³-hybridized carbons (Fsp3) is 0.318. The number of nitrogens with zero attached hydrogens (tertiary/aromatic N) is 2. The zero-order valence-corrected chi connectivity index (χ0v) is 16.2. The van der Waals surface area contributed by atoms with E-state index >= 15 is 0 Å². The van der Waals surface area contributed by atoms with Gasteiger partial charge in [-0.15, -0.1) is 0 Å². The second-order valence-electron chi connectivity index (χ2n) is 7.71. The van der Waals surface area contributed by atoms with Gasteiger partial charge in [0.1, 0.15) is 0 Å². The topological polar surface area (TPSA) is 110 Å². The highest BCUT2D eigenvalue weighted by atomic mass is 16.6. The number of fused-ring (bicyclic) bond motifs is 1. The summed E-state index contributed by atoms with van der Waals surface area (Å²) in [5.74, 6) is -1.41. The Morgan fingerprint density at radius 2 is 1.70 bits per heavy atom. The van der Waals surface area contributed by atoms with Crippen molar-refractivity contribution < 1.29 is 19.3 Å². The molecule has 2 unspecified atom stereocenters. The molecule has 8 heteroatoms. The highest BCUT2D eigenvalue weighted by Gasteiger charge is 2.40. The Bertz CT molecular complexity index is 1000. The fourth-order valence-corrected chi connectivity index (χ4v) is 4.34. The minimum atomic E-state index is -0.513. The molecule has 3 amide bonds. The second kappa shape index (κ2) is 8.06. The minimum Gasteiger partial charge on any atom is -0.326 e. The average molecular weight is 407 g/mol. The van der Waals surface area contributed by atoms with E-state index in [-0.39, 0.29) is 41.8 Å². The molecule has 1 fully saturated rings. The van der Waals surface area contributed by atoms with E-state index < -0.39 is 4.92 Å². The van der Waals surface area contributed by atoms with Crippen LogP contribution < -0.4 is 5.32 Å². The lowest BCUT2D eigenvalue weighted by Gasteiger charge is -2.32. The van der Waals surface area contributed by atoms with Gasteiger partial charge in [-0.2, -0.15) is 0 Å². The van der Waals surface area contributed by atoms with Crippen molar-refractivity contribution in [3.8, 4) is 0 Å². The number of anilines is 1. The van der Waals surface area contributed by atoms with Gasteiger partial charge in [-0.1, -0.05) is 31.0 Å². The van der Waals surface area contributed by atoms with Crippen LogP contribution in [0, 0.1) is 22.0 Å². The molecule has 2 atom stereocenters. The van der Waals surface area contributed by atoms with Crippen LogP contribution in [0.25, 0.3) is 0 Å². The first kappa shape index (κ1) is 19.8. The molecule has 0 radical (unpaired) electrons. The molecule has 8 nitrogen and oxygen atoms in total. The Morgan fingerprint density at radius 1 is 1.03 bits per heavy atom. The zero-order chi connectivity index (χ0) is 21.3. The number of benzene rings is 2. The number of non-ortho nitro benzene ring substituents is 1. The molecule has 1 heterocycles. The summed E-state index contributed by atoms with van der Waals surface area (Å²) in [6.07, 6.45) is 3.19. The summed E-state index contributed by atoms with van der Waals surface area (Å²) < 4.78 is 0. The van der Waals surface area contributed by atoms with E-state index in [2.05, 4.69) is 5.32 Å². The molecule has 1 N–H and O–H groups in total. The fourth-order valence-electron chi connectivity index (χ4n) is 4.34. The van der Waals surface area contributed by atoms with Crippen LogP contribution in [0.5, 0.6) is 0 Å². The first-order valence-electron chi connectivity index (χ1n) is 9.96. The highest BCUT2D eigenvalue weighted by molar-refractivity contribution is 6.21. The average Bonchev–Trinajstić information content (AvgIpc) is 2.99. The van der Waals surface area contributed by atoms with Crippen molar-refractivity contribution in [3.05, 3.63) is 69.8 Å². The van der Waals surface area contributed by atoms with Gasteiger partial charge in [0.2, 0.25) is 5.91 Å². The Kier molecular flexibility index (Phi) is 5.31. The molecule has 0 spiro atoms. The normalized spacial score (nSPS) is 20.7. The van der Waals surface area contributed by atoms with Gasteiger partial charge in [-0.3, -0.25) is 29.4 Å². The summed E-state index contributed by atoms with van der Waals surface area (Å²) in [7, 11) is 0. The van der Waals surface area contributed by atoms with Gasteiger partial charge in [-0.05, 0) is 37.0 Å². The van der Waals surface area contributed by atoms with Crippen molar-refractivity contribution in [2.24, 2.45) is 11.8 Å². The van der Waals surface area contributed by atoms with Crippen molar-refractivity contribution in [2.75, 3.05) is 11.9 Å². The first-order valence-corrected chi connectivity index (χ1v) is 9.96. The lowest BCUT2D eigenvalue weighted by molar-refractivity contribution is -0.384. The molecule has 4 rings (SSSR count). The predicted octanol–water partition coefficient (Wildman–Crippen LogP) is 3.64. The number of nitro benzene ring substituents is 1. The van der Waals surface area contributed by atoms with E-state index in [1.165, 1.54) is 23.1 Å². The number of hydrogen-bond acceptors (Lipinski definition) is 5. The van der Waals surface area contributed by atoms with E-state index in [9.17, 15) is 24.5 Å². The van der Waals surface area contributed by atoms with E-state index in [0.29, 0.717) is 23.2 Å². The van der Waals surface area contributed by atoms with Gasteiger partial charge in [0.25, 0.3) is 17.5 Å². The van der Waals surface area contributed by atoms with E-state index in [1.54, 1.807) is 30.3 Å². The largest absolute Gasteiger partial charge is 0.326 e. The molecule has 30 heavy (non-hydrogen) atoms. The maximum atomic E-state index is 12.9. The summed E-state index contributed by atoms with van der Waals surface area (Å²) in [4.78, 5) is 50.0. The van der Waals surface area contributed by atoms with Crippen molar-refractivity contribution in [1.82, 2.24) is 4.90 Å². The van der Waals surface area contributed by atoms with Crippen LogP contribution in [0.1, 0.15) is 46.4 Å². The second-order valence-corrected chi connectivity index (χ2v) is 7.71. The minimum absolute atomic E-state index is 0.0981. The third-order valence-electron chi connectivity index (χ3n) is 5.87. The van der Waals surface area contributed by atoms with Gasteiger partial charge in [0.05, 0.1) is 16.1 Å². The molecule has 0 saturated heterocycles. The number of nitrogens with one attached hydrogen (secondary N) is 1. The molecule has 2 aromatic carbocycles. The van der Waals surface area contributed by atoms with Crippen LogP contribution in [0.15, 0.2) is 48.5 Å². The smallest absolute Gasteiger partial charge is 0.271 e. The van der Waals surface area contributed by atoms with Gasteiger partial charge in [-0.25, -0.2) is 0 Å². The van der Waals surface area contributed by atoms with Crippen LogP contribution in [-0.2, 0) is 4.79 Å². The maximum Gasteiger partial charge on any atom is 0.271 e. The third kappa shape index (κ3) is 3.68. The van der Waals surface area contributed by atoms with Gasteiger partial charge < -0.3 is 5.32 Å². The van der Waals surface area contributed by atoms with Gasteiger partial charge in [0, 0.05) is 30.3 Å². The monoisotopic (exact) mass is 407 g/mol. The van der Waals surface area contributed by atoms with E-state index in [1.807, 2.05) is 0 Å². The number of imide groups is 1. The lowest BCUT2D eigenvalue weighted by atomic mass is 9.78. The predicted molar refractivity (Wildman–Crippen MR) is 109 cm³/mol. The summed E-state index contributed by atoms with van der Waals surface area (Å²) >= 11 is 0. The molecule has 1 aliphatic heterocycles. The molecule has 1 saturated carbocycles. The van der Waals surface area contributed by atoms with Crippen LogP contribution in [0.3, 0.4) is 0 Å². The van der Waals surface area contributed by atoms with Crippen LogP contribution in [0.4, 0.5) is 11.4 Å². The number of rotatable bonds is 5. The summed E-state index contributed by atoms with van der Waals surface area (Å²) in [5, 5.41) is 13.7. The summed E-state index contributed by atoms with van der Waals surface area (Å²) in [6.45, 7) is 0.194. The first-order chi connectivity index (χ1) is 14.5. The number of amides is 3. The zero-order valence-electron chi connectivity index (χ0n) is 16.2. The van der Waals surface area contributed by atoms with E-state index in [4.69, 9.17) is 0 Å². The number of hydrogen-bond donors (Lipinski definition) is 1. The van der Waals surface area contributed by atoms with Crippen molar-refractivity contribution in [2.45, 2.75) is 25.7 Å². The Morgan fingerprint density at radius 3 is 2.37 bits per heavy atom. The maximum absolute atomic E-state index is 12.9. The highest BCUT2D eigenvalue weighted by Crippen LogP contribution is 2.34. The Hall–Kier alpha value is -3.55. The molecule has 0 aromatic heterocycles. The SMILES string of the molecule is O=C(Nc1cccc([N+](=O)[O-])c1)C1CCCCC1CN1C(=O)c2ccccc2C1=O. The van der Waals surface area contributed by atoms with E-state index in [0.717, 1.165) is 19.3 Å². The molecular formula is C22H21N3O5. The van der Waals surface area contributed by atoms with Crippen LogP contribution >= 0.6 is 0 Å². The number of carbonyl (C=O) groups is 3. The van der Waals surface area contributed by atoms with Crippen LogP contribution in [0.2, 0.25) is 0 Å². The molecule has 0 bridgehead atoms. The van der Waals surface area contributed by atoms with Crippen molar-refractivity contribution in [3.63, 3.8) is 0 Å². The quantitative estimate of drug-likeness (QED) is 0.462. The van der Waals surface area contributed by atoms with Crippen LogP contribution in [-0.4, -0.2) is 34.1 Å². The van der Waals surface area contributed by atoms with Gasteiger partial charge >= 0.3 is 0 Å². The van der Waals surface area contributed by atoms with Gasteiger partial charge in [0.15, 0.2) is 0 Å². The molecular weight excluding hydrogens is 386 g/mol. The summed E-state index contributed by atoms with van der Waals surface area (Å²) in [5.41, 5.74) is 1.06. The molecule has 1 aliphatic carbocycles. The number of carbonyl (C=O) groups excluding carboxylic acids is 3. The summed E-state index contributed by atoms with van der Waals surface area (Å²) in [6, 6.07) is 12.5. The standard InChI is InChI=1S/C22H21N3O5/c26-20(23-15-7-5-8-16(12-15)25(29)30)17-9-2-1-6-14(17)13-24-21(27)18-10-3-4-11-19(18)22(24)28/h3-5,7-8,10-12,14,17H,1-2,6,9,13H2,(H,23,26). The van der Waals surface area contributed by atoms with Crippen molar-refractivity contribution in [1.29, 1.82) is 0 Å². The number of nitro groups is 1. The lowest BCUT2D eigenvalue weighted by Crippen LogP contribution is -2.41. The Balaban J connectivity index is 1.49. The molecule has 2 aliphatic rings. The third-order valence-corrected chi connectivity index (χ3v) is 5.87. The molecule has 154 valence electrons. The van der Waals surface area contributed by atoms with Crippen molar-refractivity contribution >= 4 is 29.1 Å².